The molecule has 0 radical (unpaired) electrons. The van der Waals surface area contributed by atoms with Crippen molar-refractivity contribution in [2.45, 2.75) is 45.6 Å². The zero-order chi connectivity index (χ0) is 9.90. The summed E-state index contributed by atoms with van der Waals surface area (Å²) in [5, 5.41) is 3.82. The van der Waals surface area contributed by atoms with E-state index < -0.39 is 5.54 Å². The molecule has 0 aliphatic rings. The predicted molar refractivity (Wildman–Crippen MR) is 50.1 cm³/mol. The highest BCUT2D eigenvalue weighted by Gasteiger charge is 2.26. The van der Waals surface area contributed by atoms with Crippen LogP contribution in [-0.2, 0) is 12.0 Å². The second-order valence-corrected chi connectivity index (χ2v) is 3.54. The maximum absolute atomic E-state index is 6.02. The highest BCUT2D eigenvalue weighted by atomic mass is 16.5. The summed E-state index contributed by atoms with van der Waals surface area (Å²) in [5.41, 5.74) is 5.54. The van der Waals surface area contributed by atoms with Crippen molar-refractivity contribution in [2.75, 3.05) is 0 Å². The molecule has 1 aromatic heterocycles. The van der Waals surface area contributed by atoms with Crippen molar-refractivity contribution in [3.63, 3.8) is 0 Å². The molecule has 13 heavy (non-hydrogen) atoms. The van der Waals surface area contributed by atoms with Gasteiger partial charge in [0.15, 0.2) is 5.82 Å². The lowest BCUT2D eigenvalue weighted by molar-refractivity contribution is 0.282. The van der Waals surface area contributed by atoms with Crippen molar-refractivity contribution in [2.24, 2.45) is 5.73 Å². The molecule has 74 valence electrons. The van der Waals surface area contributed by atoms with E-state index >= 15 is 0 Å². The van der Waals surface area contributed by atoms with Crippen molar-refractivity contribution in [3.8, 4) is 0 Å². The third-order valence-corrected chi connectivity index (χ3v) is 2.04. The third-order valence-electron chi connectivity index (χ3n) is 2.04. The van der Waals surface area contributed by atoms with Crippen LogP contribution in [0.1, 0.15) is 45.3 Å². The number of nitrogens with two attached hydrogens (primary N) is 1. The van der Waals surface area contributed by atoms with Crippen molar-refractivity contribution in [1.29, 1.82) is 0 Å². The molecule has 4 heteroatoms. The molecular weight excluding hydrogens is 166 g/mol. The van der Waals surface area contributed by atoms with E-state index in [1.54, 1.807) is 0 Å². The molecule has 0 fully saturated rings. The lowest BCUT2D eigenvalue weighted by Crippen LogP contribution is -2.33. The van der Waals surface area contributed by atoms with Crippen molar-refractivity contribution < 1.29 is 4.52 Å². The second kappa shape index (κ2) is 3.87. The van der Waals surface area contributed by atoms with Crippen LogP contribution in [-0.4, -0.2) is 10.1 Å². The third kappa shape index (κ3) is 2.28. The quantitative estimate of drug-likeness (QED) is 0.770. The summed E-state index contributed by atoms with van der Waals surface area (Å²) in [7, 11) is 0. The topological polar surface area (TPSA) is 64.9 Å². The van der Waals surface area contributed by atoms with Crippen LogP contribution in [0.2, 0.25) is 0 Å². The summed E-state index contributed by atoms with van der Waals surface area (Å²) in [6.45, 7) is 5.99. The van der Waals surface area contributed by atoms with Gasteiger partial charge in [0.05, 0.1) is 5.54 Å². The molecule has 1 heterocycles. The Hall–Kier alpha value is -0.900. The fourth-order valence-electron chi connectivity index (χ4n) is 1.26. The Bertz CT molecular complexity index is 268. The van der Waals surface area contributed by atoms with Crippen molar-refractivity contribution >= 4 is 0 Å². The Balaban J connectivity index is 2.80. The molecule has 1 aromatic rings. The molecule has 0 aliphatic heterocycles. The molecular formula is C9H17N3O. The molecule has 0 spiro atoms. The first-order valence-electron chi connectivity index (χ1n) is 4.72. The fraction of sp³-hybridized carbons (Fsp3) is 0.778. The van der Waals surface area contributed by atoms with Crippen LogP contribution in [0.25, 0.3) is 0 Å². The van der Waals surface area contributed by atoms with Gasteiger partial charge in [-0.25, -0.2) is 0 Å². The maximum Gasteiger partial charge on any atom is 0.246 e. The van der Waals surface area contributed by atoms with E-state index in [0.29, 0.717) is 5.89 Å². The summed E-state index contributed by atoms with van der Waals surface area (Å²) in [6, 6.07) is 0. The summed E-state index contributed by atoms with van der Waals surface area (Å²) >= 11 is 0. The van der Waals surface area contributed by atoms with Crippen molar-refractivity contribution in [3.05, 3.63) is 11.7 Å². The summed E-state index contributed by atoms with van der Waals surface area (Å²) in [5.74, 6) is 1.27. The van der Waals surface area contributed by atoms with Crippen LogP contribution >= 0.6 is 0 Å². The van der Waals surface area contributed by atoms with E-state index in [0.717, 1.165) is 25.1 Å². The van der Waals surface area contributed by atoms with Crippen LogP contribution < -0.4 is 5.73 Å². The van der Waals surface area contributed by atoms with E-state index in [-0.39, 0.29) is 0 Å². The molecule has 0 saturated heterocycles. The van der Waals surface area contributed by atoms with Gasteiger partial charge in [-0.3, -0.25) is 0 Å². The standard InChI is InChI=1S/C9H17N3O/c1-4-6-9(3,10)8-11-7(5-2)12-13-8/h4-6,10H2,1-3H3. The number of nitrogens with zero attached hydrogens (tertiary/aromatic N) is 2. The minimum atomic E-state index is -0.477. The molecule has 2 N–H and O–H groups in total. The number of rotatable bonds is 4. The number of aryl methyl sites for hydroxylation is 1. The van der Waals surface area contributed by atoms with Gasteiger partial charge in [0.2, 0.25) is 5.89 Å². The number of aromatic nitrogens is 2. The van der Waals surface area contributed by atoms with Crippen LogP contribution in [0.5, 0.6) is 0 Å². The Morgan fingerprint density at radius 1 is 1.46 bits per heavy atom. The Morgan fingerprint density at radius 2 is 2.15 bits per heavy atom. The van der Waals surface area contributed by atoms with Gasteiger partial charge in [-0.05, 0) is 13.3 Å². The molecule has 4 nitrogen and oxygen atoms in total. The Morgan fingerprint density at radius 3 is 2.62 bits per heavy atom. The highest BCUT2D eigenvalue weighted by Crippen LogP contribution is 2.20. The first-order valence-corrected chi connectivity index (χ1v) is 4.72. The van der Waals surface area contributed by atoms with Crippen LogP contribution in [0.4, 0.5) is 0 Å². The molecule has 0 saturated carbocycles. The largest absolute Gasteiger partial charge is 0.337 e. The van der Waals surface area contributed by atoms with Crippen LogP contribution in [0, 0.1) is 0 Å². The monoisotopic (exact) mass is 183 g/mol. The lowest BCUT2D eigenvalue weighted by atomic mass is 9.98. The van der Waals surface area contributed by atoms with E-state index in [2.05, 4.69) is 17.1 Å². The average Bonchev–Trinajstić information content (AvgIpc) is 2.52. The van der Waals surface area contributed by atoms with E-state index in [1.807, 2.05) is 13.8 Å². The SMILES string of the molecule is CCCC(C)(N)c1nc(CC)no1. The fourth-order valence-corrected chi connectivity index (χ4v) is 1.26. The predicted octanol–water partition coefficient (Wildman–Crippen LogP) is 1.61. The first kappa shape index (κ1) is 10.2. The van der Waals surface area contributed by atoms with Crippen LogP contribution in [0.15, 0.2) is 4.52 Å². The summed E-state index contributed by atoms with van der Waals surface area (Å²) < 4.78 is 5.09. The van der Waals surface area contributed by atoms with Gasteiger partial charge in [0, 0.05) is 6.42 Å². The first-order chi connectivity index (χ1) is 6.10. The van der Waals surface area contributed by atoms with E-state index in [4.69, 9.17) is 10.3 Å². The van der Waals surface area contributed by atoms with Crippen molar-refractivity contribution in [1.82, 2.24) is 10.1 Å². The smallest absolute Gasteiger partial charge is 0.246 e. The number of hydrogen-bond donors (Lipinski definition) is 1. The second-order valence-electron chi connectivity index (χ2n) is 3.54. The molecule has 1 rings (SSSR count). The lowest BCUT2D eigenvalue weighted by Gasteiger charge is -2.18. The van der Waals surface area contributed by atoms with Gasteiger partial charge >= 0.3 is 0 Å². The van der Waals surface area contributed by atoms with Gasteiger partial charge < -0.3 is 10.3 Å². The Labute approximate surface area is 78.5 Å². The molecule has 0 bridgehead atoms. The zero-order valence-electron chi connectivity index (χ0n) is 8.50. The normalized spacial score (nSPS) is 15.7. The molecule has 0 amide bonds. The molecule has 0 aromatic carbocycles. The van der Waals surface area contributed by atoms with Gasteiger partial charge in [-0.2, -0.15) is 4.98 Å². The van der Waals surface area contributed by atoms with E-state index in [9.17, 15) is 0 Å². The number of hydrogen-bond acceptors (Lipinski definition) is 4. The molecule has 0 aliphatic carbocycles. The summed E-state index contributed by atoms with van der Waals surface area (Å²) in [6.07, 6.45) is 2.65. The van der Waals surface area contributed by atoms with Gasteiger partial charge in [0.25, 0.3) is 0 Å². The van der Waals surface area contributed by atoms with Gasteiger partial charge in [-0.15, -0.1) is 0 Å². The zero-order valence-corrected chi connectivity index (χ0v) is 8.50. The summed E-state index contributed by atoms with van der Waals surface area (Å²) in [4.78, 5) is 4.22. The van der Waals surface area contributed by atoms with Gasteiger partial charge in [0.1, 0.15) is 0 Å². The van der Waals surface area contributed by atoms with Crippen LogP contribution in [0.3, 0.4) is 0 Å². The minimum absolute atomic E-state index is 0.477. The average molecular weight is 183 g/mol. The van der Waals surface area contributed by atoms with E-state index in [1.165, 1.54) is 0 Å². The Kier molecular flexibility index (Phi) is 3.03. The maximum atomic E-state index is 6.02. The minimum Gasteiger partial charge on any atom is -0.337 e. The highest BCUT2D eigenvalue weighted by molar-refractivity contribution is 4.99. The molecule has 1 unspecified atom stereocenters. The molecule has 1 atom stereocenters. The van der Waals surface area contributed by atoms with Gasteiger partial charge in [-0.1, -0.05) is 25.4 Å².